The lowest BCUT2D eigenvalue weighted by Gasteiger charge is -2.04. The van der Waals surface area contributed by atoms with E-state index in [0.29, 0.717) is 5.02 Å². The average molecular weight is 328 g/mol. The molecule has 0 spiro atoms. The zero-order valence-electron chi connectivity index (χ0n) is 10.4. The van der Waals surface area contributed by atoms with Crippen molar-refractivity contribution in [1.29, 1.82) is 0 Å². The second-order valence-corrected chi connectivity index (χ2v) is 4.71. The van der Waals surface area contributed by atoms with Gasteiger partial charge in [0.05, 0.1) is 4.92 Å². The van der Waals surface area contributed by atoms with Crippen molar-refractivity contribution in [2.24, 2.45) is 5.10 Å². The Morgan fingerprint density at radius 1 is 1.29 bits per heavy atom. The number of nitrogens with zero attached hydrogens (tertiary/aromatic N) is 2. The van der Waals surface area contributed by atoms with Crippen LogP contribution in [0.4, 0.5) is 15.8 Å². The number of benzene rings is 2. The Hall–Kier alpha value is -2.18. The third-order valence-corrected chi connectivity index (χ3v) is 3.05. The van der Waals surface area contributed by atoms with Gasteiger partial charge in [0.15, 0.2) is 5.17 Å². The molecule has 0 atom stereocenters. The van der Waals surface area contributed by atoms with Gasteiger partial charge in [-0.25, -0.2) is 4.39 Å². The minimum absolute atomic E-state index is 0.0574. The van der Waals surface area contributed by atoms with Gasteiger partial charge in [0, 0.05) is 16.7 Å². The number of hydrogen-bond acceptors (Lipinski definition) is 4. The van der Waals surface area contributed by atoms with Crippen molar-refractivity contribution >= 4 is 39.7 Å². The molecule has 0 bridgehead atoms. The first-order valence-corrected chi connectivity index (χ1v) is 6.42. The summed E-state index contributed by atoms with van der Waals surface area (Å²) in [5.74, 6) is -0.548. The Morgan fingerprint density at radius 2 is 2.00 bits per heavy atom. The van der Waals surface area contributed by atoms with Gasteiger partial charge < -0.3 is 0 Å². The van der Waals surface area contributed by atoms with Crippen LogP contribution in [0.15, 0.2) is 47.6 Å². The van der Waals surface area contributed by atoms with Gasteiger partial charge in [-0.1, -0.05) is 35.3 Å². The Bertz CT molecular complexity index is 722. The molecule has 5 nitrogen and oxygen atoms in total. The maximum absolute atomic E-state index is 13.5. The molecule has 0 unspecified atom stereocenters. The molecule has 2 aromatic carbocycles. The predicted octanol–water partition coefficient (Wildman–Crippen LogP) is 4.40. The summed E-state index contributed by atoms with van der Waals surface area (Å²) in [6, 6.07) is 9.72. The molecule has 0 aromatic heterocycles. The van der Waals surface area contributed by atoms with Crippen molar-refractivity contribution in [3.05, 3.63) is 69.0 Å². The molecule has 0 amide bonds. The summed E-state index contributed by atoms with van der Waals surface area (Å²) in [4.78, 5) is 10.3. The minimum Gasteiger partial charge on any atom is -0.270 e. The van der Waals surface area contributed by atoms with E-state index in [2.05, 4.69) is 10.5 Å². The van der Waals surface area contributed by atoms with Gasteiger partial charge in [-0.3, -0.25) is 15.5 Å². The summed E-state index contributed by atoms with van der Waals surface area (Å²) >= 11 is 11.7. The molecule has 8 heteroatoms. The van der Waals surface area contributed by atoms with Gasteiger partial charge in [-0.15, -0.1) is 0 Å². The molecule has 108 valence electrons. The molecule has 2 aromatic rings. The van der Waals surface area contributed by atoms with Crippen molar-refractivity contribution < 1.29 is 9.31 Å². The average Bonchev–Trinajstić information content (AvgIpc) is 2.45. The summed E-state index contributed by atoms with van der Waals surface area (Å²) in [5, 5.41) is 14.7. The fraction of sp³-hybridized carbons (Fsp3) is 0. The number of nitrogens with one attached hydrogen (secondary N) is 1. The maximum Gasteiger partial charge on any atom is 0.294 e. The molecule has 0 saturated carbocycles. The predicted molar refractivity (Wildman–Crippen MR) is 80.5 cm³/mol. The van der Waals surface area contributed by atoms with E-state index in [1.54, 1.807) is 6.07 Å². The Morgan fingerprint density at radius 3 is 2.67 bits per heavy atom. The molecule has 0 aliphatic carbocycles. The first kappa shape index (κ1) is 15.2. The number of rotatable bonds is 4. The number of anilines is 1. The highest BCUT2D eigenvalue weighted by atomic mass is 35.5. The van der Waals surface area contributed by atoms with Crippen LogP contribution < -0.4 is 5.43 Å². The van der Waals surface area contributed by atoms with Crippen LogP contribution in [0.5, 0.6) is 0 Å². The molecule has 0 radical (unpaired) electrons. The Kier molecular flexibility index (Phi) is 4.72. The number of halogens is 3. The monoisotopic (exact) mass is 327 g/mol. The second kappa shape index (κ2) is 6.51. The second-order valence-electron chi connectivity index (χ2n) is 3.91. The van der Waals surface area contributed by atoms with Gasteiger partial charge in [0.25, 0.3) is 5.69 Å². The van der Waals surface area contributed by atoms with Crippen molar-refractivity contribution in [3.63, 3.8) is 0 Å². The molecule has 0 heterocycles. The smallest absolute Gasteiger partial charge is 0.270 e. The zero-order chi connectivity index (χ0) is 15.4. The highest BCUT2D eigenvalue weighted by Crippen LogP contribution is 2.27. The van der Waals surface area contributed by atoms with E-state index >= 15 is 0 Å². The van der Waals surface area contributed by atoms with Crippen LogP contribution >= 0.6 is 23.2 Å². The number of hydrogen-bond donors (Lipinski definition) is 1. The summed E-state index contributed by atoms with van der Waals surface area (Å²) < 4.78 is 13.5. The lowest BCUT2D eigenvalue weighted by molar-refractivity contribution is -0.384. The van der Waals surface area contributed by atoms with Crippen LogP contribution in [-0.4, -0.2) is 10.1 Å². The molecular formula is C13H8Cl2FN3O2. The van der Waals surface area contributed by atoms with Gasteiger partial charge in [-0.05, 0) is 24.3 Å². The van der Waals surface area contributed by atoms with E-state index in [1.807, 2.05) is 0 Å². The number of nitro groups is 1. The molecule has 0 saturated heterocycles. The van der Waals surface area contributed by atoms with Crippen LogP contribution in [0.1, 0.15) is 5.56 Å². The van der Waals surface area contributed by atoms with Gasteiger partial charge in [0.2, 0.25) is 0 Å². The van der Waals surface area contributed by atoms with E-state index in [0.717, 1.165) is 0 Å². The molecule has 2 rings (SSSR count). The van der Waals surface area contributed by atoms with Gasteiger partial charge in [0.1, 0.15) is 11.5 Å². The lowest BCUT2D eigenvalue weighted by Crippen LogP contribution is -2.01. The third-order valence-electron chi connectivity index (χ3n) is 2.53. The minimum atomic E-state index is -0.592. The van der Waals surface area contributed by atoms with Crippen LogP contribution in [0.2, 0.25) is 5.02 Å². The SMILES string of the molecule is O=[N+]([O-])c1ccc(Cl)cc1N/N=C(/Cl)c1ccccc1F. The topological polar surface area (TPSA) is 67.5 Å². The zero-order valence-corrected chi connectivity index (χ0v) is 11.9. The van der Waals surface area contributed by atoms with E-state index < -0.39 is 10.7 Å². The highest BCUT2D eigenvalue weighted by Gasteiger charge is 2.14. The Balaban J connectivity index is 2.31. The van der Waals surface area contributed by atoms with Gasteiger partial charge >= 0.3 is 0 Å². The normalized spacial score (nSPS) is 11.3. The Labute approximate surface area is 129 Å². The third kappa shape index (κ3) is 3.68. The first-order chi connectivity index (χ1) is 9.99. The summed E-state index contributed by atoms with van der Waals surface area (Å²) in [5.41, 5.74) is 2.34. The fourth-order valence-corrected chi connectivity index (χ4v) is 1.92. The molecule has 21 heavy (non-hydrogen) atoms. The highest BCUT2D eigenvalue weighted by molar-refractivity contribution is 6.69. The van der Waals surface area contributed by atoms with Crippen molar-refractivity contribution in [2.75, 3.05) is 5.43 Å². The molecular weight excluding hydrogens is 320 g/mol. The molecule has 0 aliphatic heterocycles. The van der Waals surface area contributed by atoms with Crippen LogP contribution in [0, 0.1) is 15.9 Å². The van der Waals surface area contributed by atoms with Crippen LogP contribution in [0.25, 0.3) is 0 Å². The fourth-order valence-electron chi connectivity index (χ4n) is 1.56. The van der Waals surface area contributed by atoms with E-state index in [-0.39, 0.29) is 22.1 Å². The van der Waals surface area contributed by atoms with Crippen molar-refractivity contribution in [1.82, 2.24) is 0 Å². The maximum atomic E-state index is 13.5. The molecule has 0 fully saturated rings. The molecule has 1 N–H and O–H groups in total. The van der Waals surface area contributed by atoms with Crippen LogP contribution in [0.3, 0.4) is 0 Å². The number of hydrazone groups is 1. The van der Waals surface area contributed by atoms with E-state index in [4.69, 9.17) is 23.2 Å². The van der Waals surface area contributed by atoms with Gasteiger partial charge in [-0.2, -0.15) is 5.10 Å². The summed E-state index contributed by atoms with van der Waals surface area (Å²) in [6.07, 6.45) is 0. The first-order valence-electron chi connectivity index (χ1n) is 5.67. The van der Waals surface area contributed by atoms with E-state index in [1.165, 1.54) is 36.4 Å². The summed E-state index contributed by atoms with van der Waals surface area (Å²) in [7, 11) is 0. The number of nitro benzene ring substituents is 1. The van der Waals surface area contributed by atoms with Crippen molar-refractivity contribution in [2.45, 2.75) is 0 Å². The van der Waals surface area contributed by atoms with Crippen LogP contribution in [-0.2, 0) is 0 Å². The molecule has 0 aliphatic rings. The largest absolute Gasteiger partial charge is 0.294 e. The lowest BCUT2D eigenvalue weighted by atomic mass is 10.2. The van der Waals surface area contributed by atoms with E-state index in [9.17, 15) is 14.5 Å². The van der Waals surface area contributed by atoms with Crippen molar-refractivity contribution in [3.8, 4) is 0 Å². The quantitative estimate of drug-likeness (QED) is 0.514. The standard InChI is InChI=1S/C13H8Cl2FN3O2/c14-8-5-6-12(19(20)21)11(7-8)17-18-13(15)9-3-1-2-4-10(9)16/h1-7,17H/b18-13+. The summed E-state index contributed by atoms with van der Waals surface area (Å²) in [6.45, 7) is 0.